The largest absolute Gasteiger partial charge is 0.378 e. The number of hydrogen-bond acceptors (Lipinski definition) is 4. The zero-order valence-corrected chi connectivity index (χ0v) is 12.4. The SMILES string of the molecule is O=CCNc1cccc(C=Cc2nc3cc(F)ccc3s2)c1. The maximum Gasteiger partial charge on any atom is 0.139 e. The highest BCUT2D eigenvalue weighted by Gasteiger charge is 2.02. The third kappa shape index (κ3) is 3.38. The summed E-state index contributed by atoms with van der Waals surface area (Å²) in [7, 11) is 0. The molecule has 1 heterocycles. The van der Waals surface area contributed by atoms with Crippen LogP contribution in [0.15, 0.2) is 42.5 Å². The molecular weight excluding hydrogens is 299 g/mol. The van der Waals surface area contributed by atoms with Crippen molar-refractivity contribution < 1.29 is 9.18 Å². The third-order valence-corrected chi connectivity index (χ3v) is 4.06. The molecule has 3 aromatic rings. The quantitative estimate of drug-likeness (QED) is 0.717. The molecule has 0 fully saturated rings. The molecule has 3 nitrogen and oxygen atoms in total. The smallest absolute Gasteiger partial charge is 0.139 e. The number of halogens is 1. The zero-order chi connectivity index (χ0) is 15.4. The van der Waals surface area contributed by atoms with Crippen LogP contribution >= 0.6 is 11.3 Å². The summed E-state index contributed by atoms with van der Waals surface area (Å²) in [5.74, 6) is -0.276. The summed E-state index contributed by atoms with van der Waals surface area (Å²) in [5.41, 5.74) is 2.56. The lowest BCUT2D eigenvalue weighted by atomic mass is 10.2. The van der Waals surface area contributed by atoms with Gasteiger partial charge in [-0.2, -0.15) is 0 Å². The Bertz CT molecular complexity index is 842. The van der Waals surface area contributed by atoms with Crippen LogP contribution in [0.3, 0.4) is 0 Å². The second kappa shape index (κ2) is 6.49. The molecule has 0 unspecified atom stereocenters. The van der Waals surface area contributed by atoms with Crippen LogP contribution in [-0.2, 0) is 4.79 Å². The van der Waals surface area contributed by atoms with Crippen molar-refractivity contribution in [2.45, 2.75) is 0 Å². The van der Waals surface area contributed by atoms with E-state index in [2.05, 4.69) is 10.3 Å². The molecular formula is C17H13FN2OS. The fourth-order valence-corrected chi connectivity index (χ4v) is 2.92. The summed E-state index contributed by atoms with van der Waals surface area (Å²) in [6.45, 7) is 0.288. The van der Waals surface area contributed by atoms with Crippen LogP contribution in [0, 0.1) is 5.82 Å². The molecule has 110 valence electrons. The molecule has 0 bridgehead atoms. The van der Waals surface area contributed by atoms with Crippen LogP contribution in [0.25, 0.3) is 22.4 Å². The van der Waals surface area contributed by atoms with Gasteiger partial charge in [0.2, 0.25) is 0 Å². The Morgan fingerprint density at radius 3 is 2.95 bits per heavy atom. The van der Waals surface area contributed by atoms with Crippen molar-refractivity contribution >= 4 is 45.7 Å². The first-order valence-corrected chi connectivity index (χ1v) is 7.58. The Hall–Kier alpha value is -2.53. The first kappa shape index (κ1) is 14.4. The fraction of sp³-hybridized carbons (Fsp3) is 0.0588. The van der Waals surface area contributed by atoms with Crippen molar-refractivity contribution in [3.05, 3.63) is 58.9 Å². The number of thiazole rings is 1. The summed E-state index contributed by atoms with van der Waals surface area (Å²) < 4.78 is 14.1. The van der Waals surface area contributed by atoms with Crippen LogP contribution in [0.5, 0.6) is 0 Å². The van der Waals surface area contributed by atoms with Gasteiger partial charge in [-0.3, -0.25) is 0 Å². The summed E-state index contributed by atoms with van der Waals surface area (Å²) in [4.78, 5) is 14.8. The number of benzene rings is 2. The van der Waals surface area contributed by atoms with Gasteiger partial charge in [0, 0.05) is 11.8 Å². The zero-order valence-electron chi connectivity index (χ0n) is 11.6. The van der Waals surface area contributed by atoms with E-state index >= 15 is 0 Å². The number of nitrogens with one attached hydrogen (secondary N) is 1. The van der Waals surface area contributed by atoms with Crippen molar-refractivity contribution in [2.75, 3.05) is 11.9 Å². The van der Waals surface area contributed by atoms with E-state index in [4.69, 9.17) is 0 Å². The first-order valence-electron chi connectivity index (χ1n) is 6.76. The highest BCUT2D eigenvalue weighted by molar-refractivity contribution is 7.19. The predicted molar refractivity (Wildman–Crippen MR) is 89.5 cm³/mol. The number of aldehydes is 1. The van der Waals surface area contributed by atoms with Crippen molar-refractivity contribution in [1.82, 2.24) is 4.98 Å². The van der Waals surface area contributed by atoms with Crippen LogP contribution in [0.2, 0.25) is 0 Å². The topological polar surface area (TPSA) is 42.0 Å². The van der Waals surface area contributed by atoms with E-state index in [1.54, 1.807) is 6.07 Å². The molecule has 0 atom stereocenters. The normalized spacial score (nSPS) is 11.1. The number of anilines is 1. The third-order valence-electron chi connectivity index (χ3n) is 3.06. The van der Waals surface area contributed by atoms with Gasteiger partial charge >= 0.3 is 0 Å². The van der Waals surface area contributed by atoms with Crippen molar-refractivity contribution in [3.63, 3.8) is 0 Å². The van der Waals surface area contributed by atoms with Gasteiger partial charge in [-0.25, -0.2) is 9.37 Å². The summed E-state index contributed by atoms with van der Waals surface area (Å²) >= 11 is 1.52. The highest BCUT2D eigenvalue weighted by atomic mass is 32.1. The average Bonchev–Trinajstić information content (AvgIpc) is 2.93. The van der Waals surface area contributed by atoms with E-state index in [0.29, 0.717) is 5.52 Å². The van der Waals surface area contributed by atoms with Gasteiger partial charge < -0.3 is 10.1 Å². The molecule has 0 saturated heterocycles. The Kier molecular flexibility index (Phi) is 4.25. The minimum atomic E-state index is -0.276. The molecule has 1 N–H and O–H groups in total. The molecule has 5 heteroatoms. The monoisotopic (exact) mass is 312 g/mol. The van der Waals surface area contributed by atoms with E-state index in [1.165, 1.54) is 23.5 Å². The number of rotatable bonds is 5. The Labute approximate surface area is 131 Å². The predicted octanol–water partition coefficient (Wildman–Crippen LogP) is 4.22. The van der Waals surface area contributed by atoms with Crippen molar-refractivity contribution in [3.8, 4) is 0 Å². The lowest BCUT2D eigenvalue weighted by Crippen LogP contribution is -2.01. The van der Waals surface area contributed by atoms with Gasteiger partial charge in [0.05, 0.1) is 16.8 Å². The molecule has 3 rings (SSSR count). The van der Waals surface area contributed by atoms with E-state index in [9.17, 15) is 9.18 Å². The highest BCUT2D eigenvalue weighted by Crippen LogP contribution is 2.24. The Morgan fingerprint density at radius 1 is 1.18 bits per heavy atom. The van der Waals surface area contributed by atoms with Crippen molar-refractivity contribution in [1.29, 1.82) is 0 Å². The molecule has 0 aliphatic heterocycles. The van der Waals surface area contributed by atoms with E-state index in [1.807, 2.05) is 36.4 Å². The molecule has 0 aliphatic rings. The number of hydrogen-bond donors (Lipinski definition) is 1. The average molecular weight is 312 g/mol. The number of aromatic nitrogens is 1. The molecule has 0 amide bonds. The molecule has 1 aromatic heterocycles. The lowest BCUT2D eigenvalue weighted by molar-refractivity contribution is -0.106. The molecule has 0 spiro atoms. The Balaban J connectivity index is 1.81. The van der Waals surface area contributed by atoms with Crippen LogP contribution < -0.4 is 5.32 Å². The molecule has 0 saturated carbocycles. The maximum absolute atomic E-state index is 13.2. The Morgan fingerprint density at radius 2 is 2.09 bits per heavy atom. The van der Waals surface area contributed by atoms with Crippen LogP contribution in [-0.4, -0.2) is 17.8 Å². The summed E-state index contributed by atoms with van der Waals surface area (Å²) in [6.07, 6.45) is 4.67. The molecule has 22 heavy (non-hydrogen) atoms. The molecule has 0 aliphatic carbocycles. The van der Waals surface area contributed by atoms with Gasteiger partial charge in [0.1, 0.15) is 17.1 Å². The van der Waals surface area contributed by atoms with Gasteiger partial charge in [-0.05, 0) is 35.9 Å². The molecule has 2 aromatic carbocycles. The fourth-order valence-electron chi connectivity index (χ4n) is 2.07. The summed E-state index contributed by atoms with van der Waals surface area (Å²) in [5, 5.41) is 3.83. The minimum Gasteiger partial charge on any atom is -0.378 e. The number of fused-ring (bicyclic) bond motifs is 1. The standard InChI is InChI=1S/C17H13FN2OS/c18-13-5-6-16-15(11-13)20-17(22-16)7-4-12-2-1-3-14(10-12)19-8-9-21/h1-7,9-11,19H,8H2. The second-order valence-electron chi connectivity index (χ2n) is 4.67. The summed E-state index contributed by atoms with van der Waals surface area (Å²) in [6, 6.07) is 12.4. The van der Waals surface area contributed by atoms with E-state index in [-0.39, 0.29) is 12.4 Å². The minimum absolute atomic E-state index is 0.276. The van der Waals surface area contributed by atoms with Crippen LogP contribution in [0.1, 0.15) is 10.6 Å². The van der Waals surface area contributed by atoms with Gasteiger partial charge in [0.25, 0.3) is 0 Å². The number of nitrogens with zero attached hydrogens (tertiary/aromatic N) is 1. The van der Waals surface area contributed by atoms with Crippen LogP contribution in [0.4, 0.5) is 10.1 Å². The second-order valence-corrected chi connectivity index (χ2v) is 5.73. The van der Waals surface area contributed by atoms with Gasteiger partial charge in [-0.1, -0.05) is 18.2 Å². The first-order chi connectivity index (χ1) is 10.7. The van der Waals surface area contributed by atoms with Crippen molar-refractivity contribution in [2.24, 2.45) is 0 Å². The van der Waals surface area contributed by atoms with E-state index < -0.39 is 0 Å². The number of carbonyl (C=O) groups is 1. The lowest BCUT2D eigenvalue weighted by Gasteiger charge is -2.02. The van der Waals surface area contributed by atoms with Gasteiger partial charge in [-0.15, -0.1) is 11.3 Å². The van der Waals surface area contributed by atoms with E-state index in [0.717, 1.165) is 27.2 Å². The number of carbonyl (C=O) groups excluding carboxylic acids is 1. The molecule has 0 radical (unpaired) electrons. The van der Waals surface area contributed by atoms with Gasteiger partial charge in [0.15, 0.2) is 0 Å². The maximum atomic E-state index is 13.2.